The van der Waals surface area contributed by atoms with Gasteiger partial charge < -0.3 is 9.47 Å². The Labute approximate surface area is 313 Å². The summed E-state index contributed by atoms with van der Waals surface area (Å²) in [5.74, 6) is 0. The van der Waals surface area contributed by atoms with Crippen molar-refractivity contribution in [1.29, 1.82) is 0 Å². The molecule has 0 bridgehead atoms. The van der Waals surface area contributed by atoms with Crippen molar-refractivity contribution in [2.45, 2.75) is 13.8 Å². The van der Waals surface area contributed by atoms with E-state index >= 15 is 0 Å². The third-order valence-electron chi connectivity index (χ3n) is 10.6. The number of hydrogen-bond acceptors (Lipinski definition) is 2. The fourth-order valence-electron chi connectivity index (χ4n) is 8.35. The van der Waals surface area contributed by atoms with Crippen LogP contribution in [-0.2, 0) is 0 Å². The average Bonchev–Trinajstić information content (AvgIpc) is 3.76. The van der Waals surface area contributed by atoms with Crippen LogP contribution in [0.4, 0.5) is 17.1 Å². The number of thiophene rings is 1. The summed E-state index contributed by atoms with van der Waals surface area (Å²) in [6.45, 7) is 4.48. The van der Waals surface area contributed by atoms with E-state index in [1.165, 1.54) is 81.0 Å². The Balaban J connectivity index is 1.15. The molecule has 0 amide bonds. The second-order valence-corrected chi connectivity index (χ2v) is 14.9. The number of para-hydroxylation sites is 3. The monoisotopic (exact) mass is 696 g/mol. The molecule has 53 heavy (non-hydrogen) atoms. The van der Waals surface area contributed by atoms with Gasteiger partial charge in [0.05, 0.1) is 16.7 Å². The molecule has 0 aliphatic rings. The van der Waals surface area contributed by atoms with Gasteiger partial charge in [-0.05, 0) is 108 Å². The largest absolute Gasteiger partial charge is 0.310 e. The first-order valence-electron chi connectivity index (χ1n) is 18.2. The SMILES string of the molecule is Cc1cc(N(c2ccccc2)c2ccc(-c3ccc(-n4c5ccccc5c5ccccc54)cc3)c3sc4ccccc4c23)cc(C)c1-c1ccccc1. The first-order valence-corrected chi connectivity index (χ1v) is 19.0. The third kappa shape index (κ3) is 5.16. The lowest BCUT2D eigenvalue weighted by molar-refractivity contribution is 1.18. The minimum absolute atomic E-state index is 1.14. The highest BCUT2D eigenvalue weighted by atomic mass is 32.1. The maximum absolute atomic E-state index is 2.45. The normalized spacial score (nSPS) is 11.6. The van der Waals surface area contributed by atoms with Gasteiger partial charge in [0.15, 0.2) is 0 Å². The summed E-state index contributed by atoms with van der Waals surface area (Å²) in [5, 5.41) is 5.11. The molecular formula is C50H36N2S. The zero-order valence-electron chi connectivity index (χ0n) is 29.6. The second-order valence-electron chi connectivity index (χ2n) is 13.8. The summed E-state index contributed by atoms with van der Waals surface area (Å²) in [6, 6.07) is 66.3. The number of fused-ring (bicyclic) bond motifs is 6. The lowest BCUT2D eigenvalue weighted by atomic mass is 9.94. The van der Waals surface area contributed by atoms with Gasteiger partial charge in [0, 0.05) is 48.0 Å². The number of benzene rings is 8. The van der Waals surface area contributed by atoms with Crippen molar-refractivity contribution in [3.8, 4) is 27.9 Å². The maximum atomic E-state index is 2.45. The van der Waals surface area contributed by atoms with Crippen molar-refractivity contribution >= 4 is 70.4 Å². The Morgan fingerprint density at radius 1 is 0.472 bits per heavy atom. The standard InChI is InChI=1S/C50H36N2S/c1-33-31-39(32-34(2)48(33)36-15-5-3-6-16-36)51(37-17-7-4-8-18-37)46-30-29-40(50-49(46)43-21-11-14-24-47(43)53-50)35-25-27-38(28-26-35)52-44-22-12-9-19-41(44)42-20-10-13-23-45(42)52/h3-32H,1-2H3. The molecule has 3 heteroatoms. The van der Waals surface area contributed by atoms with Crippen LogP contribution in [0.3, 0.4) is 0 Å². The van der Waals surface area contributed by atoms with Gasteiger partial charge >= 0.3 is 0 Å². The summed E-state index contributed by atoms with van der Waals surface area (Å²) in [6.07, 6.45) is 0. The molecule has 0 spiro atoms. The predicted octanol–water partition coefficient (Wildman–Crippen LogP) is 14.6. The number of rotatable bonds is 6. The molecule has 0 atom stereocenters. The van der Waals surface area contributed by atoms with Crippen molar-refractivity contribution in [1.82, 2.24) is 4.57 Å². The van der Waals surface area contributed by atoms with E-state index in [1.54, 1.807) is 0 Å². The Hall–Kier alpha value is -6.42. The molecular weight excluding hydrogens is 661 g/mol. The van der Waals surface area contributed by atoms with E-state index in [0.717, 1.165) is 17.1 Å². The average molecular weight is 697 g/mol. The lowest BCUT2D eigenvalue weighted by Gasteiger charge is -2.28. The Morgan fingerprint density at radius 3 is 1.70 bits per heavy atom. The number of aromatic nitrogens is 1. The molecule has 10 aromatic rings. The topological polar surface area (TPSA) is 8.17 Å². The van der Waals surface area contributed by atoms with Crippen molar-refractivity contribution in [2.24, 2.45) is 0 Å². The van der Waals surface area contributed by atoms with Gasteiger partial charge in [0.2, 0.25) is 0 Å². The summed E-state index contributed by atoms with van der Waals surface area (Å²) >= 11 is 1.88. The van der Waals surface area contributed by atoms with Gasteiger partial charge in [-0.3, -0.25) is 0 Å². The Bertz CT molecular complexity index is 2880. The molecule has 0 radical (unpaired) electrons. The van der Waals surface area contributed by atoms with E-state index in [-0.39, 0.29) is 0 Å². The van der Waals surface area contributed by atoms with Crippen LogP contribution in [0.5, 0.6) is 0 Å². The molecule has 0 aliphatic carbocycles. The summed E-state index contributed by atoms with van der Waals surface area (Å²) in [4.78, 5) is 2.45. The predicted molar refractivity (Wildman–Crippen MR) is 229 cm³/mol. The second kappa shape index (κ2) is 12.7. The molecule has 0 saturated carbocycles. The van der Waals surface area contributed by atoms with Gasteiger partial charge in [0.25, 0.3) is 0 Å². The summed E-state index contributed by atoms with van der Waals surface area (Å²) < 4.78 is 4.97. The first-order chi connectivity index (χ1) is 26.1. The van der Waals surface area contributed by atoms with E-state index in [1.807, 2.05) is 11.3 Å². The highest BCUT2D eigenvalue weighted by molar-refractivity contribution is 7.26. The summed E-state index contributed by atoms with van der Waals surface area (Å²) in [5.41, 5.74) is 14.6. The minimum atomic E-state index is 1.14. The van der Waals surface area contributed by atoms with Crippen LogP contribution in [0, 0.1) is 13.8 Å². The van der Waals surface area contributed by atoms with Crippen molar-refractivity contribution in [3.05, 3.63) is 193 Å². The van der Waals surface area contributed by atoms with Gasteiger partial charge in [-0.15, -0.1) is 11.3 Å². The number of aryl methyl sites for hydroxylation is 2. The van der Waals surface area contributed by atoms with Gasteiger partial charge in [-0.2, -0.15) is 0 Å². The first kappa shape index (κ1) is 31.3. The highest BCUT2D eigenvalue weighted by Crippen LogP contribution is 2.49. The van der Waals surface area contributed by atoms with E-state index in [2.05, 4.69) is 205 Å². The summed E-state index contributed by atoms with van der Waals surface area (Å²) in [7, 11) is 0. The molecule has 252 valence electrons. The quantitative estimate of drug-likeness (QED) is 0.168. The van der Waals surface area contributed by atoms with Crippen LogP contribution in [0.1, 0.15) is 11.1 Å². The molecule has 10 rings (SSSR count). The van der Waals surface area contributed by atoms with E-state index in [0.29, 0.717) is 0 Å². The van der Waals surface area contributed by atoms with Crippen LogP contribution in [0.2, 0.25) is 0 Å². The van der Waals surface area contributed by atoms with Crippen molar-refractivity contribution < 1.29 is 0 Å². The fraction of sp³-hybridized carbons (Fsp3) is 0.0400. The van der Waals surface area contributed by atoms with Gasteiger partial charge in [-0.25, -0.2) is 0 Å². The molecule has 2 nitrogen and oxygen atoms in total. The number of anilines is 3. The zero-order valence-corrected chi connectivity index (χ0v) is 30.4. The molecule has 2 aromatic heterocycles. The van der Waals surface area contributed by atoms with Crippen LogP contribution < -0.4 is 4.90 Å². The zero-order chi connectivity index (χ0) is 35.5. The minimum Gasteiger partial charge on any atom is -0.310 e. The van der Waals surface area contributed by atoms with Crippen LogP contribution >= 0.6 is 11.3 Å². The third-order valence-corrected chi connectivity index (χ3v) is 11.8. The lowest BCUT2D eigenvalue weighted by Crippen LogP contribution is -2.11. The fourth-order valence-corrected chi connectivity index (χ4v) is 9.61. The van der Waals surface area contributed by atoms with E-state index in [9.17, 15) is 0 Å². The van der Waals surface area contributed by atoms with E-state index < -0.39 is 0 Å². The van der Waals surface area contributed by atoms with Gasteiger partial charge in [0.1, 0.15) is 0 Å². The molecule has 0 aliphatic heterocycles. The molecule has 0 saturated heterocycles. The number of hydrogen-bond donors (Lipinski definition) is 0. The highest BCUT2D eigenvalue weighted by Gasteiger charge is 2.22. The van der Waals surface area contributed by atoms with Crippen LogP contribution in [-0.4, -0.2) is 4.57 Å². The van der Waals surface area contributed by atoms with Crippen molar-refractivity contribution in [3.63, 3.8) is 0 Å². The van der Waals surface area contributed by atoms with Gasteiger partial charge in [-0.1, -0.05) is 121 Å². The van der Waals surface area contributed by atoms with E-state index in [4.69, 9.17) is 0 Å². The Kier molecular flexibility index (Phi) is 7.48. The van der Waals surface area contributed by atoms with Crippen LogP contribution in [0.25, 0.3) is 69.9 Å². The maximum Gasteiger partial charge on any atom is 0.0555 e. The number of nitrogens with zero attached hydrogens (tertiary/aromatic N) is 2. The smallest absolute Gasteiger partial charge is 0.0555 e. The molecule has 0 N–H and O–H groups in total. The molecule has 0 fully saturated rings. The van der Waals surface area contributed by atoms with Crippen LogP contribution in [0.15, 0.2) is 182 Å². The Morgan fingerprint density at radius 2 is 1.04 bits per heavy atom. The van der Waals surface area contributed by atoms with Crippen molar-refractivity contribution in [2.75, 3.05) is 4.90 Å². The molecule has 0 unspecified atom stereocenters. The molecule has 2 heterocycles. The molecule has 8 aromatic carbocycles.